The summed E-state index contributed by atoms with van der Waals surface area (Å²) in [6.07, 6.45) is 1.01. The van der Waals surface area contributed by atoms with E-state index in [1.54, 1.807) is 24.3 Å². The van der Waals surface area contributed by atoms with Crippen LogP contribution in [0.25, 0.3) is 0 Å². The van der Waals surface area contributed by atoms with E-state index in [0.717, 1.165) is 5.56 Å². The van der Waals surface area contributed by atoms with Crippen molar-refractivity contribution in [3.05, 3.63) is 29.8 Å². The fourth-order valence-corrected chi connectivity index (χ4v) is 3.90. The van der Waals surface area contributed by atoms with Gasteiger partial charge >= 0.3 is 0 Å². The fourth-order valence-electron chi connectivity index (χ4n) is 2.46. The topological polar surface area (TPSA) is 99.3 Å². The maximum Gasteiger partial charge on any atom is 0.241 e. The number of nitrogens with two attached hydrogens (primary N) is 1. The van der Waals surface area contributed by atoms with Crippen LogP contribution in [0.2, 0.25) is 0 Å². The van der Waals surface area contributed by atoms with Gasteiger partial charge in [-0.05, 0) is 38.9 Å². The van der Waals surface area contributed by atoms with E-state index < -0.39 is 15.6 Å². The molecule has 7 heteroatoms. The van der Waals surface area contributed by atoms with Crippen molar-refractivity contribution in [3.63, 3.8) is 0 Å². The minimum absolute atomic E-state index is 0.119. The van der Waals surface area contributed by atoms with Gasteiger partial charge in [0.05, 0.1) is 10.4 Å². The van der Waals surface area contributed by atoms with Gasteiger partial charge < -0.3 is 10.6 Å². The van der Waals surface area contributed by atoms with Crippen molar-refractivity contribution >= 4 is 15.9 Å². The molecule has 1 aliphatic rings. The van der Waals surface area contributed by atoms with E-state index in [1.165, 1.54) is 0 Å². The summed E-state index contributed by atoms with van der Waals surface area (Å²) in [5.74, 6) is -0.119. The van der Waals surface area contributed by atoms with Gasteiger partial charge in [-0.3, -0.25) is 5.41 Å². The molecule has 0 amide bonds. The van der Waals surface area contributed by atoms with E-state index in [2.05, 4.69) is 9.62 Å². The van der Waals surface area contributed by atoms with Crippen LogP contribution in [0.4, 0.5) is 0 Å². The van der Waals surface area contributed by atoms with Crippen molar-refractivity contribution in [1.82, 2.24) is 9.62 Å². The third-order valence-corrected chi connectivity index (χ3v) is 5.57. The number of nitrogens with zero attached hydrogens (tertiary/aromatic N) is 1. The molecule has 1 aromatic carbocycles. The van der Waals surface area contributed by atoms with Gasteiger partial charge in [-0.1, -0.05) is 17.7 Å². The normalized spacial score (nSPS) is 19.3. The third kappa shape index (κ3) is 3.42. The van der Waals surface area contributed by atoms with Crippen molar-refractivity contribution in [2.75, 3.05) is 20.1 Å². The quantitative estimate of drug-likeness (QED) is 0.562. The molecule has 0 unspecified atom stereocenters. The second-order valence-corrected chi connectivity index (χ2v) is 7.40. The zero-order valence-corrected chi connectivity index (χ0v) is 13.2. The standard InChI is InChI=1S/C14H22N4O2S/c1-11-3-5-12(6-4-11)21(19,20)17-14(13(15)16)7-9-18(2)10-8-14/h3-6,17H,7-10H2,1-2H3,(H3,15,16). The van der Waals surface area contributed by atoms with E-state index in [4.69, 9.17) is 11.1 Å². The molecule has 0 aromatic heterocycles. The Kier molecular flexibility index (Phi) is 4.36. The highest BCUT2D eigenvalue weighted by molar-refractivity contribution is 7.89. The minimum Gasteiger partial charge on any atom is -0.386 e. The summed E-state index contributed by atoms with van der Waals surface area (Å²) in [6.45, 7) is 3.31. The number of hydrogen-bond acceptors (Lipinski definition) is 4. The van der Waals surface area contributed by atoms with E-state index >= 15 is 0 Å². The van der Waals surface area contributed by atoms with E-state index in [-0.39, 0.29) is 10.7 Å². The molecule has 0 spiro atoms. The molecule has 0 bridgehead atoms. The predicted molar refractivity (Wildman–Crippen MR) is 82.9 cm³/mol. The van der Waals surface area contributed by atoms with Crippen LogP contribution in [0.15, 0.2) is 29.2 Å². The molecule has 1 heterocycles. The maximum absolute atomic E-state index is 12.5. The van der Waals surface area contributed by atoms with Crippen LogP contribution in [0.5, 0.6) is 0 Å². The van der Waals surface area contributed by atoms with Gasteiger partial charge in [0.25, 0.3) is 0 Å². The molecular weight excluding hydrogens is 288 g/mol. The SMILES string of the molecule is Cc1ccc(S(=O)(=O)NC2(C(=N)N)CCN(C)CC2)cc1. The molecule has 0 saturated carbocycles. The van der Waals surface area contributed by atoms with E-state index in [0.29, 0.717) is 25.9 Å². The predicted octanol–water partition coefficient (Wildman–Crippen LogP) is 0.674. The van der Waals surface area contributed by atoms with Crippen LogP contribution < -0.4 is 10.5 Å². The molecule has 6 nitrogen and oxygen atoms in total. The molecule has 0 atom stereocenters. The first-order valence-corrected chi connectivity index (χ1v) is 8.37. The highest BCUT2D eigenvalue weighted by Gasteiger charge is 2.40. The van der Waals surface area contributed by atoms with Crippen molar-refractivity contribution < 1.29 is 8.42 Å². The third-order valence-electron chi connectivity index (χ3n) is 4.02. The lowest BCUT2D eigenvalue weighted by atomic mass is 9.88. The van der Waals surface area contributed by atoms with Crippen molar-refractivity contribution in [2.45, 2.75) is 30.2 Å². The van der Waals surface area contributed by atoms with Crippen LogP contribution in [0, 0.1) is 12.3 Å². The van der Waals surface area contributed by atoms with Crippen LogP contribution in [0.3, 0.4) is 0 Å². The lowest BCUT2D eigenvalue weighted by molar-refractivity contribution is 0.218. The summed E-state index contributed by atoms with van der Waals surface area (Å²) in [4.78, 5) is 2.30. The van der Waals surface area contributed by atoms with Crippen molar-refractivity contribution in [1.29, 1.82) is 5.41 Å². The first kappa shape index (κ1) is 15.9. The largest absolute Gasteiger partial charge is 0.386 e. The maximum atomic E-state index is 12.5. The summed E-state index contributed by atoms with van der Waals surface area (Å²) in [5.41, 5.74) is 5.71. The van der Waals surface area contributed by atoms with E-state index in [9.17, 15) is 8.42 Å². The number of sulfonamides is 1. The molecule has 116 valence electrons. The summed E-state index contributed by atoms with van der Waals surface area (Å²) in [5, 5.41) is 7.81. The number of aryl methyl sites for hydroxylation is 1. The second kappa shape index (κ2) is 5.75. The Morgan fingerprint density at radius 3 is 2.29 bits per heavy atom. The van der Waals surface area contributed by atoms with Gasteiger partial charge in [0.15, 0.2) is 0 Å². The van der Waals surface area contributed by atoms with Crippen LogP contribution in [-0.4, -0.2) is 44.8 Å². The molecule has 2 rings (SSSR count). The zero-order valence-electron chi connectivity index (χ0n) is 12.4. The van der Waals surface area contributed by atoms with E-state index in [1.807, 2.05) is 14.0 Å². The first-order valence-electron chi connectivity index (χ1n) is 6.89. The number of likely N-dealkylation sites (tertiary alicyclic amines) is 1. The Balaban J connectivity index is 2.28. The molecule has 0 radical (unpaired) electrons. The summed E-state index contributed by atoms with van der Waals surface area (Å²) in [7, 11) is -1.72. The highest BCUT2D eigenvalue weighted by Crippen LogP contribution is 2.24. The monoisotopic (exact) mass is 310 g/mol. The van der Waals surface area contributed by atoms with Gasteiger partial charge in [-0.25, -0.2) is 8.42 Å². The van der Waals surface area contributed by atoms with Crippen LogP contribution in [0.1, 0.15) is 18.4 Å². The average molecular weight is 310 g/mol. The lowest BCUT2D eigenvalue weighted by Crippen LogP contribution is -2.61. The van der Waals surface area contributed by atoms with Gasteiger partial charge in [0.1, 0.15) is 5.84 Å². The smallest absolute Gasteiger partial charge is 0.241 e. The Morgan fingerprint density at radius 1 is 1.29 bits per heavy atom. The van der Waals surface area contributed by atoms with Crippen LogP contribution in [-0.2, 0) is 10.0 Å². The molecular formula is C14H22N4O2S. The highest BCUT2D eigenvalue weighted by atomic mass is 32.2. The molecule has 1 aliphatic heterocycles. The number of amidine groups is 1. The molecule has 4 N–H and O–H groups in total. The van der Waals surface area contributed by atoms with Gasteiger partial charge in [-0.15, -0.1) is 0 Å². The average Bonchev–Trinajstić information content (AvgIpc) is 2.41. The zero-order chi connectivity index (χ0) is 15.7. The summed E-state index contributed by atoms with van der Waals surface area (Å²) < 4.78 is 27.7. The Morgan fingerprint density at radius 2 is 1.81 bits per heavy atom. The lowest BCUT2D eigenvalue weighted by Gasteiger charge is -2.39. The molecule has 1 saturated heterocycles. The van der Waals surface area contributed by atoms with Crippen molar-refractivity contribution in [3.8, 4) is 0 Å². The molecule has 0 aliphatic carbocycles. The second-order valence-electron chi connectivity index (χ2n) is 5.72. The minimum atomic E-state index is -3.69. The Hall–Kier alpha value is -1.44. The van der Waals surface area contributed by atoms with Gasteiger partial charge in [-0.2, -0.15) is 4.72 Å². The molecule has 21 heavy (non-hydrogen) atoms. The van der Waals surface area contributed by atoms with Gasteiger partial charge in [0.2, 0.25) is 10.0 Å². The molecule has 1 aromatic rings. The number of hydrogen-bond donors (Lipinski definition) is 3. The van der Waals surface area contributed by atoms with Crippen LogP contribution >= 0.6 is 0 Å². The first-order chi connectivity index (χ1) is 9.75. The number of rotatable bonds is 4. The number of nitrogens with one attached hydrogen (secondary N) is 2. The fraction of sp³-hybridized carbons (Fsp3) is 0.500. The summed E-state index contributed by atoms with van der Waals surface area (Å²) in [6, 6.07) is 6.65. The van der Waals surface area contributed by atoms with Crippen molar-refractivity contribution in [2.24, 2.45) is 5.73 Å². The molecule has 1 fully saturated rings. The van der Waals surface area contributed by atoms with Gasteiger partial charge in [0, 0.05) is 13.1 Å². The number of benzene rings is 1. The Labute approximate surface area is 125 Å². The Bertz CT molecular complexity index is 617. The number of piperidine rings is 1. The summed E-state index contributed by atoms with van der Waals surface area (Å²) >= 11 is 0.